The SMILES string of the molecule is Cc1nn(C)cc1CNc1nccnc1C. The molecule has 0 amide bonds. The molecule has 0 aliphatic carbocycles. The first kappa shape index (κ1) is 10.6. The molecule has 5 nitrogen and oxygen atoms in total. The largest absolute Gasteiger partial charge is 0.364 e. The van der Waals surface area contributed by atoms with Gasteiger partial charge in [-0.3, -0.25) is 9.67 Å². The van der Waals surface area contributed by atoms with Crippen LogP contribution < -0.4 is 5.32 Å². The Morgan fingerprint density at radius 1 is 1.19 bits per heavy atom. The second-order valence-electron chi connectivity index (χ2n) is 3.76. The molecular formula is C11H15N5. The molecule has 1 N–H and O–H groups in total. The van der Waals surface area contributed by atoms with Gasteiger partial charge >= 0.3 is 0 Å². The minimum Gasteiger partial charge on any atom is -0.364 e. The van der Waals surface area contributed by atoms with Crippen molar-refractivity contribution in [2.24, 2.45) is 7.05 Å². The first-order chi connectivity index (χ1) is 7.66. The third-order valence-electron chi connectivity index (χ3n) is 2.44. The van der Waals surface area contributed by atoms with E-state index in [-0.39, 0.29) is 0 Å². The fraction of sp³-hybridized carbons (Fsp3) is 0.364. The molecule has 0 aliphatic heterocycles. The number of aromatic nitrogens is 4. The van der Waals surface area contributed by atoms with E-state index in [1.54, 1.807) is 12.4 Å². The topological polar surface area (TPSA) is 55.6 Å². The van der Waals surface area contributed by atoms with Gasteiger partial charge in [-0.05, 0) is 13.8 Å². The molecule has 5 heteroatoms. The lowest BCUT2D eigenvalue weighted by atomic mass is 10.2. The van der Waals surface area contributed by atoms with E-state index in [9.17, 15) is 0 Å². The summed E-state index contributed by atoms with van der Waals surface area (Å²) < 4.78 is 1.82. The van der Waals surface area contributed by atoms with Gasteiger partial charge in [-0.2, -0.15) is 5.10 Å². The second-order valence-corrected chi connectivity index (χ2v) is 3.76. The van der Waals surface area contributed by atoms with Gasteiger partial charge in [-0.15, -0.1) is 0 Å². The molecule has 2 rings (SSSR count). The Balaban J connectivity index is 2.08. The third kappa shape index (κ3) is 2.18. The van der Waals surface area contributed by atoms with Crippen LogP contribution in [0.5, 0.6) is 0 Å². The summed E-state index contributed by atoms with van der Waals surface area (Å²) in [6.07, 6.45) is 5.38. The van der Waals surface area contributed by atoms with Crippen molar-refractivity contribution >= 4 is 5.82 Å². The summed E-state index contributed by atoms with van der Waals surface area (Å²) in [5, 5.41) is 7.54. The van der Waals surface area contributed by atoms with Crippen LogP contribution in [-0.4, -0.2) is 19.7 Å². The van der Waals surface area contributed by atoms with Crippen LogP contribution in [0.25, 0.3) is 0 Å². The van der Waals surface area contributed by atoms with Gasteiger partial charge in [0.25, 0.3) is 0 Å². The fourth-order valence-corrected chi connectivity index (χ4v) is 1.58. The lowest BCUT2D eigenvalue weighted by molar-refractivity contribution is 0.756. The van der Waals surface area contributed by atoms with E-state index in [0.717, 1.165) is 23.8 Å². The summed E-state index contributed by atoms with van der Waals surface area (Å²) in [6, 6.07) is 0. The Hall–Kier alpha value is -1.91. The molecule has 0 bridgehead atoms. The van der Waals surface area contributed by atoms with E-state index in [1.807, 2.05) is 31.8 Å². The molecular weight excluding hydrogens is 202 g/mol. The van der Waals surface area contributed by atoms with Gasteiger partial charge in [0.15, 0.2) is 0 Å². The summed E-state index contributed by atoms with van der Waals surface area (Å²) in [7, 11) is 1.92. The van der Waals surface area contributed by atoms with Gasteiger partial charge < -0.3 is 5.32 Å². The lowest BCUT2D eigenvalue weighted by Crippen LogP contribution is -2.04. The normalized spacial score (nSPS) is 10.4. The van der Waals surface area contributed by atoms with Crippen LogP contribution in [0, 0.1) is 13.8 Å². The van der Waals surface area contributed by atoms with Crippen molar-refractivity contribution in [1.29, 1.82) is 0 Å². The van der Waals surface area contributed by atoms with Crippen molar-refractivity contribution in [3.63, 3.8) is 0 Å². The summed E-state index contributed by atoms with van der Waals surface area (Å²) in [5.41, 5.74) is 3.12. The van der Waals surface area contributed by atoms with Gasteiger partial charge in [0.05, 0.1) is 11.4 Å². The molecule has 0 aliphatic rings. The average Bonchev–Trinajstić information content (AvgIpc) is 2.56. The highest BCUT2D eigenvalue weighted by atomic mass is 15.3. The Bertz CT molecular complexity index is 489. The zero-order valence-corrected chi connectivity index (χ0v) is 9.73. The zero-order chi connectivity index (χ0) is 11.5. The number of aryl methyl sites for hydroxylation is 3. The number of nitrogens with one attached hydrogen (secondary N) is 1. The monoisotopic (exact) mass is 217 g/mol. The first-order valence-electron chi connectivity index (χ1n) is 5.17. The van der Waals surface area contributed by atoms with Gasteiger partial charge in [0, 0.05) is 37.7 Å². The minimum atomic E-state index is 0.721. The van der Waals surface area contributed by atoms with E-state index in [4.69, 9.17) is 0 Å². The first-order valence-corrected chi connectivity index (χ1v) is 5.17. The number of hydrogen-bond donors (Lipinski definition) is 1. The third-order valence-corrected chi connectivity index (χ3v) is 2.44. The van der Waals surface area contributed by atoms with Crippen LogP contribution >= 0.6 is 0 Å². The second kappa shape index (κ2) is 4.30. The van der Waals surface area contributed by atoms with Gasteiger partial charge in [-0.1, -0.05) is 0 Å². The average molecular weight is 217 g/mol. The summed E-state index contributed by atoms with van der Waals surface area (Å²) >= 11 is 0. The fourth-order valence-electron chi connectivity index (χ4n) is 1.58. The van der Waals surface area contributed by atoms with Crippen molar-refractivity contribution in [3.8, 4) is 0 Å². The van der Waals surface area contributed by atoms with Crippen LogP contribution in [0.2, 0.25) is 0 Å². The van der Waals surface area contributed by atoms with Gasteiger partial charge in [0.1, 0.15) is 5.82 Å². The smallest absolute Gasteiger partial charge is 0.147 e. The standard InChI is InChI=1S/C11H15N5/c1-8-10(7-16(3)15-8)6-14-11-9(2)12-4-5-13-11/h4-5,7H,6H2,1-3H3,(H,13,14). The lowest BCUT2D eigenvalue weighted by Gasteiger charge is -2.06. The highest BCUT2D eigenvalue weighted by molar-refractivity contribution is 5.39. The predicted octanol–water partition coefficient (Wildman–Crippen LogP) is 1.44. The quantitative estimate of drug-likeness (QED) is 0.845. The minimum absolute atomic E-state index is 0.721. The predicted molar refractivity (Wildman–Crippen MR) is 62.0 cm³/mol. The molecule has 0 saturated heterocycles. The Morgan fingerprint density at radius 2 is 1.94 bits per heavy atom. The van der Waals surface area contributed by atoms with E-state index in [0.29, 0.717) is 0 Å². The molecule has 2 aromatic rings. The molecule has 0 atom stereocenters. The van der Waals surface area contributed by atoms with Crippen LogP contribution in [-0.2, 0) is 13.6 Å². The molecule has 84 valence electrons. The Kier molecular flexibility index (Phi) is 2.85. The summed E-state index contributed by atoms with van der Waals surface area (Å²) in [4.78, 5) is 8.40. The maximum Gasteiger partial charge on any atom is 0.147 e. The molecule has 0 saturated carbocycles. The Labute approximate surface area is 94.5 Å². The molecule has 2 heterocycles. The number of hydrogen-bond acceptors (Lipinski definition) is 4. The van der Waals surface area contributed by atoms with Crippen LogP contribution in [0.3, 0.4) is 0 Å². The number of rotatable bonds is 3. The molecule has 16 heavy (non-hydrogen) atoms. The molecule has 0 fully saturated rings. The highest BCUT2D eigenvalue weighted by Crippen LogP contribution is 2.10. The van der Waals surface area contributed by atoms with E-state index < -0.39 is 0 Å². The molecule has 0 aromatic carbocycles. The van der Waals surface area contributed by atoms with Crippen molar-refractivity contribution in [1.82, 2.24) is 19.7 Å². The van der Waals surface area contributed by atoms with Crippen molar-refractivity contribution in [2.75, 3.05) is 5.32 Å². The highest BCUT2D eigenvalue weighted by Gasteiger charge is 2.04. The van der Waals surface area contributed by atoms with Crippen molar-refractivity contribution < 1.29 is 0 Å². The summed E-state index contributed by atoms with van der Waals surface area (Å²) in [6.45, 7) is 4.66. The van der Waals surface area contributed by atoms with E-state index in [2.05, 4.69) is 20.4 Å². The molecule has 0 spiro atoms. The van der Waals surface area contributed by atoms with Crippen LogP contribution in [0.15, 0.2) is 18.6 Å². The van der Waals surface area contributed by atoms with Gasteiger partial charge in [0.2, 0.25) is 0 Å². The number of anilines is 1. The van der Waals surface area contributed by atoms with Crippen LogP contribution in [0.1, 0.15) is 17.0 Å². The number of nitrogens with zero attached hydrogens (tertiary/aromatic N) is 4. The maximum atomic E-state index is 4.29. The molecule has 2 aromatic heterocycles. The molecule has 0 unspecified atom stereocenters. The summed E-state index contributed by atoms with van der Waals surface area (Å²) in [5.74, 6) is 0.825. The zero-order valence-electron chi connectivity index (χ0n) is 9.73. The van der Waals surface area contributed by atoms with E-state index >= 15 is 0 Å². The van der Waals surface area contributed by atoms with E-state index in [1.165, 1.54) is 5.56 Å². The van der Waals surface area contributed by atoms with Crippen LogP contribution in [0.4, 0.5) is 5.82 Å². The Morgan fingerprint density at radius 3 is 2.56 bits per heavy atom. The van der Waals surface area contributed by atoms with Crippen molar-refractivity contribution in [3.05, 3.63) is 35.5 Å². The van der Waals surface area contributed by atoms with Crippen molar-refractivity contribution in [2.45, 2.75) is 20.4 Å². The maximum absolute atomic E-state index is 4.29. The molecule has 0 radical (unpaired) electrons. The van der Waals surface area contributed by atoms with Gasteiger partial charge in [-0.25, -0.2) is 4.98 Å².